The minimum atomic E-state index is -0.209. The summed E-state index contributed by atoms with van der Waals surface area (Å²) in [7, 11) is 0. The van der Waals surface area contributed by atoms with Crippen molar-refractivity contribution in [2.45, 2.75) is 0 Å². The number of nitrogens with zero attached hydrogens (tertiary/aromatic N) is 1. The van der Waals surface area contributed by atoms with Gasteiger partial charge in [-0.25, -0.2) is 4.99 Å². The Morgan fingerprint density at radius 3 is 3.22 bits per heavy atom. The van der Waals surface area contributed by atoms with Crippen LogP contribution in [0.15, 0.2) is 21.7 Å². The molecule has 3 heteroatoms. The molecule has 0 fully saturated rings. The van der Waals surface area contributed by atoms with E-state index in [1.54, 1.807) is 6.07 Å². The van der Waals surface area contributed by atoms with Gasteiger partial charge >= 0.3 is 0 Å². The molecule has 0 aromatic carbocycles. The second-order valence-electron chi connectivity index (χ2n) is 1.76. The van der Waals surface area contributed by atoms with Gasteiger partial charge in [0.05, 0.1) is 18.0 Å². The number of amides is 1. The van der Waals surface area contributed by atoms with Crippen LogP contribution in [0, 0.1) is 0 Å². The van der Waals surface area contributed by atoms with E-state index in [0.29, 0.717) is 11.3 Å². The maximum Gasteiger partial charge on any atom is 0.281 e. The van der Waals surface area contributed by atoms with Crippen molar-refractivity contribution in [3.05, 3.63) is 23.7 Å². The van der Waals surface area contributed by atoms with Crippen molar-refractivity contribution in [3.8, 4) is 0 Å². The molecule has 1 aromatic heterocycles. The molecule has 1 aliphatic rings. The van der Waals surface area contributed by atoms with E-state index in [9.17, 15) is 4.79 Å². The smallest absolute Gasteiger partial charge is 0.281 e. The number of rotatable bonds is 0. The third-order valence-electron chi connectivity index (χ3n) is 1.22. The fraction of sp³-hybridized carbons (Fsp3) is 0. The second kappa shape index (κ2) is 1.31. The summed E-state index contributed by atoms with van der Waals surface area (Å²) < 4.78 is 4.88. The summed E-state index contributed by atoms with van der Waals surface area (Å²) in [5.41, 5.74) is 0.565. The van der Waals surface area contributed by atoms with Gasteiger partial charge in [-0.15, -0.1) is 0 Å². The fourth-order valence-electron chi connectivity index (χ4n) is 0.784. The Labute approximate surface area is 51.0 Å². The van der Waals surface area contributed by atoms with E-state index in [0.717, 1.165) is 0 Å². The van der Waals surface area contributed by atoms with Gasteiger partial charge in [0.1, 0.15) is 0 Å². The molecule has 3 nitrogen and oxygen atoms in total. The molecular formula is C6H3NO2. The van der Waals surface area contributed by atoms with Crippen LogP contribution < -0.4 is 0 Å². The van der Waals surface area contributed by atoms with E-state index in [4.69, 9.17) is 4.42 Å². The van der Waals surface area contributed by atoms with Crippen LogP contribution in [0.5, 0.6) is 0 Å². The Bertz CT molecular complexity index is 285. The zero-order valence-electron chi connectivity index (χ0n) is 4.50. The molecule has 2 rings (SSSR count). The lowest BCUT2D eigenvalue weighted by Gasteiger charge is -1.76. The lowest BCUT2D eigenvalue weighted by atomic mass is 10.3. The van der Waals surface area contributed by atoms with Crippen LogP contribution in [0.25, 0.3) is 0 Å². The molecule has 2 heterocycles. The lowest BCUT2D eigenvalue weighted by Crippen LogP contribution is -1.85. The van der Waals surface area contributed by atoms with Crippen molar-refractivity contribution in [3.63, 3.8) is 0 Å². The van der Waals surface area contributed by atoms with Crippen LogP contribution in [0.2, 0.25) is 0 Å². The van der Waals surface area contributed by atoms with E-state index >= 15 is 0 Å². The summed E-state index contributed by atoms with van der Waals surface area (Å²) in [4.78, 5) is 14.2. The molecule has 9 heavy (non-hydrogen) atoms. The highest BCUT2D eigenvalue weighted by atomic mass is 16.3. The first kappa shape index (κ1) is 4.49. The third-order valence-corrected chi connectivity index (χ3v) is 1.22. The van der Waals surface area contributed by atoms with Crippen molar-refractivity contribution in [1.82, 2.24) is 0 Å². The first-order valence-electron chi connectivity index (χ1n) is 2.54. The van der Waals surface area contributed by atoms with E-state index in [1.807, 2.05) is 0 Å². The molecule has 0 spiro atoms. The predicted octanol–water partition coefficient (Wildman–Crippen LogP) is 0.852. The molecule has 0 atom stereocenters. The maximum atomic E-state index is 10.7. The van der Waals surface area contributed by atoms with Crippen molar-refractivity contribution < 1.29 is 9.21 Å². The number of fused-ring (bicyclic) bond motifs is 1. The van der Waals surface area contributed by atoms with Gasteiger partial charge in [0.2, 0.25) is 0 Å². The Hall–Kier alpha value is -1.38. The van der Waals surface area contributed by atoms with Crippen molar-refractivity contribution in [1.29, 1.82) is 0 Å². The van der Waals surface area contributed by atoms with Gasteiger partial charge in [-0.2, -0.15) is 0 Å². The average molecular weight is 121 g/mol. The monoisotopic (exact) mass is 121 g/mol. The summed E-state index contributed by atoms with van der Waals surface area (Å²) >= 11 is 0. The first-order chi connectivity index (χ1) is 4.38. The Morgan fingerprint density at radius 2 is 2.44 bits per heavy atom. The van der Waals surface area contributed by atoms with Crippen LogP contribution in [0.4, 0.5) is 0 Å². The molecular weight excluding hydrogens is 118 g/mol. The Morgan fingerprint density at radius 1 is 1.56 bits per heavy atom. The van der Waals surface area contributed by atoms with Gasteiger partial charge in [-0.3, -0.25) is 4.79 Å². The number of hydrogen-bond acceptors (Lipinski definition) is 2. The van der Waals surface area contributed by atoms with E-state index in [1.165, 1.54) is 12.5 Å². The molecule has 0 unspecified atom stereocenters. The highest BCUT2D eigenvalue weighted by molar-refractivity contribution is 6.11. The standard InChI is InChI=1S/C6H3NO2/c8-6-4-1-2-9-5(4)3-7-6/h1-3H. The summed E-state index contributed by atoms with van der Waals surface area (Å²) in [5.74, 6) is 0.360. The second-order valence-corrected chi connectivity index (χ2v) is 1.76. The molecule has 0 saturated heterocycles. The van der Waals surface area contributed by atoms with Crippen LogP contribution >= 0.6 is 0 Å². The van der Waals surface area contributed by atoms with E-state index in [2.05, 4.69) is 4.99 Å². The molecule has 1 aromatic rings. The number of carbonyl (C=O) groups excluding carboxylic acids is 1. The normalized spacial score (nSPS) is 14.4. The summed E-state index contributed by atoms with van der Waals surface area (Å²) in [6.07, 6.45) is 2.91. The third kappa shape index (κ3) is 0.455. The van der Waals surface area contributed by atoms with E-state index < -0.39 is 0 Å². The summed E-state index contributed by atoms with van der Waals surface area (Å²) in [6, 6.07) is 1.62. The van der Waals surface area contributed by atoms with Gasteiger partial charge in [0.15, 0.2) is 5.76 Å². The van der Waals surface area contributed by atoms with Gasteiger partial charge in [0, 0.05) is 0 Å². The summed E-state index contributed by atoms with van der Waals surface area (Å²) in [5, 5.41) is 0. The van der Waals surface area contributed by atoms with Crippen molar-refractivity contribution in [2.24, 2.45) is 4.99 Å². The molecule has 1 amide bonds. The predicted molar refractivity (Wildman–Crippen MR) is 30.6 cm³/mol. The highest BCUT2D eigenvalue weighted by Crippen LogP contribution is 2.14. The van der Waals surface area contributed by atoms with Gasteiger partial charge in [-0.05, 0) is 6.07 Å². The lowest BCUT2D eigenvalue weighted by molar-refractivity contribution is 0.101. The molecule has 0 aliphatic carbocycles. The molecule has 1 aliphatic heterocycles. The van der Waals surface area contributed by atoms with Gasteiger partial charge < -0.3 is 4.42 Å². The Balaban J connectivity index is 2.73. The minimum Gasteiger partial charge on any atom is -0.463 e. The maximum absolute atomic E-state index is 10.7. The number of carbonyl (C=O) groups is 1. The topological polar surface area (TPSA) is 42.6 Å². The average Bonchev–Trinajstić information content (AvgIpc) is 2.35. The molecule has 0 N–H and O–H groups in total. The number of furan rings is 1. The van der Waals surface area contributed by atoms with Crippen molar-refractivity contribution in [2.75, 3.05) is 0 Å². The van der Waals surface area contributed by atoms with Crippen LogP contribution in [-0.2, 0) is 0 Å². The first-order valence-corrected chi connectivity index (χ1v) is 2.54. The summed E-state index contributed by atoms with van der Waals surface area (Å²) in [6.45, 7) is 0. The van der Waals surface area contributed by atoms with Crippen LogP contribution in [0.1, 0.15) is 16.1 Å². The van der Waals surface area contributed by atoms with Gasteiger partial charge in [-0.1, -0.05) is 0 Å². The van der Waals surface area contributed by atoms with E-state index in [-0.39, 0.29) is 5.91 Å². The molecule has 0 bridgehead atoms. The number of hydrogen-bond donors (Lipinski definition) is 0. The zero-order chi connectivity index (χ0) is 6.27. The largest absolute Gasteiger partial charge is 0.463 e. The molecule has 0 radical (unpaired) electrons. The molecule has 0 saturated carbocycles. The van der Waals surface area contributed by atoms with Gasteiger partial charge in [0.25, 0.3) is 5.91 Å². The highest BCUT2D eigenvalue weighted by Gasteiger charge is 2.16. The number of aliphatic imine (C=N–C) groups is 1. The van der Waals surface area contributed by atoms with Crippen molar-refractivity contribution >= 4 is 12.1 Å². The molecule has 44 valence electrons. The Kier molecular flexibility index (Phi) is 0.656. The zero-order valence-corrected chi connectivity index (χ0v) is 4.50. The SMILES string of the molecule is O=C1N=Cc2occc21. The van der Waals surface area contributed by atoms with Crippen LogP contribution in [0.3, 0.4) is 0 Å². The minimum absolute atomic E-state index is 0.209. The fourth-order valence-corrected chi connectivity index (χ4v) is 0.784. The quantitative estimate of drug-likeness (QED) is 0.510. The van der Waals surface area contributed by atoms with Crippen LogP contribution in [-0.4, -0.2) is 12.1 Å².